The largest absolute Gasteiger partial charge is 0.416 e. The van der Waals surface area contributed by atoms with Crippen molar-refractivity contribution in [2.24, 2.45) is 0 Å². The molecule has 0 unspecified atom stereocenters. The Morgan fingerprint density at radius 2 is 1.85 bits per heavy atom. The van der Waals surface area contributed by atoms with E-state index in [-0.39, 0.29) is 9.90 Å². The zero-order valence-electron chi connectivity index (χ0n) is 10.3. The molecule has 2 rings (SSSR count). The van der Waals surface area contributed by atoms with Gasteiger partial charge in [0.25, 0.3) is 10.0 Å². The minimum atomic E-state index is -4.51. The van der Waals surface area contributed by atoms with Crippen LogP contribution >= 0.6 is 11.3 Å². The summed E-state index contributed by atoms with van der Waals surface area (Å²) in [6.07, 6.45) is -4.51. The Morgan fingerprint density at radius 3 is 2.40 bits per heavy atom. The van der Waals surface area contributed by atoms with Gasteiger partial charge in [0.15, 0.2) is 0 Å². The highest BCUT2D eigenvalue weighted by Gasteiger charge is 2.31. The van der Waals surface area contributed by atoms with Crippen LogP contribution in [0.1, 0.15) is 5.56 Å². The Hall–Kier alpha value is -1.54. The van der Waals surface area contributed by atoms with Gasteiger partial charge in [-0.25, -0.2) is 8.42 Å². The van der Waals surface area contributed by atoms with Gasteiger partial charge in [-0.3, -0.25) is 4.31 Å². The second kappa shape index (κ2) is 5.10. The van der Waals surface area contributed by atoms with E-state index in [1.54, 1.807) is 11.4 Å². The van der Waals surface area contributed by atoms with Gasteiger partial charge in [-0.2, -0.15) is 13.2 Å². The predicted octanol–water partition coefficient (Wildman–Crippen LogP) is 3.59. The summed E-state index contributed by atoms with van der Waals surface area (Å²) in [6, 6.07) is 7.18. The first-order chi connectivity index (χ1) is 9.23. The van der Waals surface area contributed by atoms with Crippen LogP contribution in [-0.2, 0) is 16.2 Å². The lowest BCUT2D eigenvalue weighted by atomic mass is 10.2. The van der Waals surface area contributed by atoms with Crippen molar-refractivity contribution in [2.75, 3.05) is 11.4 Å². The Labute approximate surface area is 118 Å². The van der Waals surface area contributed by atoms with Gasteiger partial charge in [-0.15, -0.1) is 11.3 Å². The highest BCUT2D eigenvalue weighted by atomic mass is 32.2. The molecule has 0 aliphatic heterocycles. The van der Waals surface area contributed by atoms with Crippen LogP contribution < -0.4 is 4.31 Å². The summed E-state index contributed by atoms with van der Waals surface area (Å²) in [7, 11) is -2.60. The maximum atomic E-state index is 12.6. The van der Waals surface area contributed by atoms with Crippen molar-refractivity contribution in [1.29, 1.82) is 0 Å². The van der Waals surface area contributed by atoms with Crippen molar-refractivity contribution < 1.29 is 21.6 Å². The number of rotatable bonds is 3. The van der Waals surface area contributed by atoms with Crippen molar-refractivity contribution in [3.05, 3.63) is 47.3 Å². The SMILES string of the molecule is CN(c1cccc(C(F)(F)F)c1)S(=O)(=O)c1cccs1. The summed E-state index contributed by atoms with van der Waals surface area (Å²) >= 11 is 1.01. The number of hydrogen-bond donors (Lipinski definition) is 0. The normalized spacial score (nSPS) is 12.4. The topological polar surface area (TPSA) is 37.4 Å². The summed E-state index contributed by atoms with van der Waals surface area (Å²) in [5.41, 5.74) is -0.920. The lowest BCUT2D eigenvalue weighted by Gasteiger charge is -2.19. The molecule has 0 spiro atoms. The highest BCUT2D eigenvalue weighted by Crippen LogP contribution is 2.33. The molecule has 20 heavy (non-hydrogen) atoms. The Morgan fingerprint density at radius 1 is 1.15 bits per heavy atom. The lowest BCUT2D eigenvalue weighted by Crippen LogP contribution is -2.26. The van der Waals surface area contributed by atoms with Gasteiger partial charge in [0, 0.05) is 7.05 Å². The van der Waals surface area contributed by atoms with Crippen LogP contribution in [-0.4, -0.2) is 15.5 Å². The molecule has 1 aromatic carbocycles. The van der Waals surface area contributed by atoms with E-state index >= 15 is 0 Å². The van der Waals surface area contributed by atoms with Gasteiger partial charge < -0.3 is 0 Å². The summed E-state index contributed by atoms with van der Waals surface area (Å²) in [5, 5.41) is 1.59. The second-order valence-corrected chi connectivity index (χ2v) is 7.10. The van der Waals surface area contributed by atoms with Gasteiger partial charge in [0.05, 0.1) is 11.3 Å². The van der Waals surface area contributed by atoms with Gasteiger partial charge in [-0.1, -0.05) is 12.1 Å². The molecule has 8 heteroatoms. The van der Waals surface area contributed by atoms with Crippen molar-refractivity contribution >= 4 is 27.0 Å². The van der Waals surface area contributed by atoms with E-state index < -0.39 is 21.8 Å². The number of sulfonamides is 1. The van der Waals surface area contributed by atoms with Crippen LogP contribution in [0.2, 0.25) is 0 Å². The molecule has 0 saturated carbocycles. The molecule has 0 bridgehead atoms. The number of thiophene rings is 1. The number of anilines is 1. The van der Waals surface area contributed by atoms with Crippen LogP contribution in [0, 0.1) is 0 Å². The molecule has 3 nitrogen and oxygen atoms in total. The number of nitrogens with zero attached hydrogens (tertiary/aromatic N) is 1. The Balaban J connectivity index is 2.42. The molecule has 0 fully saturated rings. The smallest absolute Gasteiger partial charge is 0.269 e. The Bertz CT molecular complexity index is 694. The summed E-state index contributed by atoms with van der Waals surface area (Å²) in [4.78, 5) is 0. The van der Waals surface area contributed by atoms with E-state index in [9.17, 15) is 21.6 Å². The van der Waals surface area contributed by atoms with Crippen molar-refractivity contribution in [3.63, 3.8) is 0 Å². The fraction of sp³-hybridized carbons (Fsp3) is 0.167. The first-order valence-corrected chi connectivity index (χ1v) is 7.74. The van der Waals surface area contributed by atoms with E-state index in [2.05, 4.69) is 0 Å². The zero-order valence-corrected chi connectivity index (χ0v) is 11.9. The summed E-state index contributed by atoms with van der Waals surface area (Å²) in [5.74, 6) is 0. The zero-order chi connectivity index (χ0) is 15.0. The molecule has 0 radical (unpaired) electrons. The molecule has 0 saturated heterocycles. The number of halogens is 3. The fourth-order valence-electron chi connectivity index (χ4n) is 1.56. The predicted molar refractivity (Wildman–Crippen MR) is 71.4 cm³/mol. The molecule has 0 N–H and O–H groups in total. The van der Waals surface area contributed by atoms with E-state index in [0.717, 1.165) is 27.8 Å². The quantitative estimate of drug-likeness (QED) is 0.866. The van der Waals surface area contributed by atoms with Gasteiger partial charge in [0.2, 0.25) is 0 Å². The molecule has 1 aromatic heterocycles. The standard InChI is InChI=1S/C12H10F3NO2S2/c1-16(20(17,18)11-6-3-7-19-11)10-5-2-4-9(8-10)12(13,14)15/h2-8H,1H3. The molecule has 0 aliphatic carbocycles. The third-order valence-corrected chi connectivity index (χ3v) is 5.81. The van der Waals surface area contributed by atoms with E-state index in [1.165, 1.54) is 25.2 Å². The van der Waals surface area contributed by atoms with Crippen LogP contribution in [0.5, 0.6) is 0 Å². The number of hydrogen-bond acceptors (Lipinski definition) is 3. The maximum Gasteiger partial charge on any atom is 0.416 e. The van der Waals surface area contributed by atoms with Gasteiger partial charge in [-0.05, 0) is 29.6 Å². The van der Waals surface area contributed by atoms with Crippen LogP contribution in [0.15, 0.2) is 46.0 Å². The average Bonchev–Trinajstić information content (AvgIpc) is 2.91. The average molecular weight is 321 g/mol. The monoisotopic (exact) mass is 321 g/mol. The number of alkyl halides is 3. The first-order valence-electron chi connectivity index (χ1n) is 5.42. The minimum absolute atomic E-state index is 0.0341. The minimum Gasteiger partial charge on any atom is -0.269 e. The summed E-state index contributed by atoms with van der Waals surface area (Å²) < 4.78 is 63.2. The van der Waals surface area contributed by atoms with Crippen LogP contribution in [0.4, 0.5) is 18.9 Å². The van der Waals surface area contributed by atoms with Crippen molar-refractivity contribution in [3.8, 4) is 0 Å². The van der Waals surface area contributed by atoms with Gasteiger partial charge in [0.1, 0.15) is 4.21 Å². The lowest BCUT2D eigenvalue weighted by molar-refractivity contribution is -0.137. The first kappa shape index (κ1) is 14.9. The van der Waals surface area contributed by atoms with Crippen molar-refractivity contribution in [1.82, 2.24) is 0 Å². The molecule has 0 atom stereocenters. The third kappa shape index (κ3) is 2.80. The fourth-order valence-corrected chi connectivity index (χ4v) is 3.91. The Kier molecular flexibility index (Phi) is 3.79. The maximum absolute atomic E-state index is 12.6. The molecule has 0 amide bonds. The summed E-state index contributed by atoms with van der Waals surface area (Å²) in [6.45, 7) is 0. The third-order valence-electron chi connectivity index (χ3n) is 2.65. The highest BCUT2D eigenvalue weighted by molar-refractivity contribution is 7.94. The molecule has 2 aromatic rings. The van der Waals surface area contributed by atoms with Gasteiger partial charge >= 0.3 is 6.18 Å². The van der Waals surface area contributed by atoms with Crippen LogP contribution in [0.25, 0.3) is 0 Å². The van der Waals surface area contributed by atoms with E-state index in [4.69, 9.17) is 0 Å². The molecule has 108 valence electrons. The molecular formula is C12H10F3NO2S2. The molecular weight excluding hydrogens is 311 g/mol. The van der Waals surface area contributed by atoms with Crippen LogP contribution in [0.3, 0.4) is 0 Å². The van der Waals surface area contributed by atoms with E-state index in [0.29, 0.717) is 0 Å². The van der Waals surface area contributed by atoms with Crippen molar-refractivity contribution in [2.45, 2.75) is 10.4 Å². The second-order valence-electron chi connectivity index (χ2n) is 3.95. The number of benzene rings is 1. The molecule has 0 aliphatic rings. The van der Waals surface area contributed by atoms with E-state index in [1.807, 2.05) is 0 Å². The molecule has 1 heterocycles.